The van der Waals surface area contributed by atoms with Gasteiger partial charge in [0.2, 0.25) is 0 Å². The standard InChI is InChI=1S/C12H15GeN/c1-13(2,3)12(10-14)9-11-7-5-4-6-8-11/h4-9H,1-3H3/b12-9+. The molecule has 0 unspecified atom stereocenters. The Kier molecular flexibility index (Phi) is 3.54. The Bertz CT molecular complexity index is 366. The van der Waals surface area contributed by atoms with Gasteiger partial charge in [0.25, 0.3) is 0 Å². The first-order valence-corrected chi connectivity index (χ1v) is 12.1. The van der Waals surface area contributed by atoms with Crippen LogP contribution >= 0.6 is 0 Å². The van der Waals surface area contributed by atoms with Crippen LogP contribution in [0.25, 0.3) is 6.08 Å². The van der Waals surface area contributed by atoms with Gasteiger partial charge in [0.15, 0.2) is 0 Å². The van der Waals surface area contributed by atoms with E-state index in [0.29, 0.717) is 0 Å². The quantitative estimate of drug-likeness (QED) is 0.578. The summed E-state index contributed by atoms with van der Waals surface area (Å²) in [7, 11) is 0. The van der Waals surface area contributed by atoms with E-state index in [1.807, 2.05) is 36.4 Å². The van der Waals surface area contributed by atoms with Gasteiger partial charge in [0, 0.05) is 0 Å². The molecule has 0 atom stereocenters. The molecule has 0 aromatic heterocycles. The first-order valence-electron chi connectivity index (χ1n) is 4.71. The molecule has 0 fully saturated rings. The molecule has 0 aliphatic rings. The van der Waals surface area contributed by atoms with Gasteiger partial charge in [-0.25, -0.2) is 0 Å². The van der Waals surface area contributed by atoms with Gasteiger partial charge >= 0.3 is 88.2 Å². The summed E-state index contributed by atoms with van der Waals surface area (Å²) in [5, 5.41) is 9.05. The number of nitriles is 1. The molecule has 0 spiro atoms. The average molecular weight is 246 g/mol. The van der Waals surface area contributed by atoms with Gasteiger partial charge < -0.3 is 0 Å². The van der Waals surface area contributed by atoms with Crippen molar-refractivity contribution in [2.24, 2.45) is 0 Å². The van der Waals surface area contributed by atoms with Crippen LogP contribution in [0.4, 0.5) is 0 Å². The summed E-state index contributed by atoms with van der Waals surface area (Å²) in [6.07, 6.45) is 2.03. The van der Waals surface area contributed by atoms with Crippen LogP contribution in [0.2, 0.25) is 17.3 Å². The molecule has 72 valence electrons. The number of rotatable bonds is 2. The molecule has 0 radical (unpaired) electrons. The van der Waals surface area contributed by atoms with Crippen molar-refractivity contribution in [1.29, 1.82) is 5.26 Å². The SMILES string of the molecule is [CH3][Ge]([CH3])([CH3])/[C](C#N)=C/c1ccccc1. The van der Waals surface area contributed by atoms with Crippen LogP contribution in [0, 0.1) is 11.3 Å². The summed E-state index contributed by atoms with van der Waals surface area (Å²) in [5.74, 6) is 6.70. The minimum atomic E-state index is -1.96. The van der Waals surface area contributed by atoms with Crippen LogP contribution in [-0.2, 0) is 0 Å². The van der Waals surface area contributed by atoms with E-state index in [-0.39, 0.29) is 0 Å². The second kappa shape index (κ2) is 4.48. The van der Waals surface area contributed by atoms with Gasteiger partial charge in [-0.1, -0.05) is 0 Å². The molecule has 1 aromatic carbocycles. The fourth-order valence-corrected chi connectivity index (χ4v) is 3.09. The summed E-state index contributed by atoms with van der Waals surface area (Å²) in [5.41, 5.74) is 1.13. The van der Waals surface area contributed by atoms with Crippen LogP contribution in [0.3, 0.4) is 0 Å². The van der Waals surface area contributed by atoms with E-state index < -0.39 is 13.3 Å². The van der Waals surface area contributed by atoms with Crippen molar-refractivity contribution in [3.05, 3.63) is 40.3 Å². The number of nitrogens with zero attached hydrogens (tertiary/aromatic N) is 1. The van der Waals surface area contributed by atoms with Crippen molar-refractivity contribution in [2.45, 2.75) is 17.3 Å². The molecular weight excluding hydrogens is 231 g/mol. The Balaban J connectivity index is 3.04. The van der Waals surface area contributed by atoms with E-state index in [9.17, 15) is 0 Å². The summed E-state index contributed by atoms with van der Waals surface area (Å²) in [6.45, 7) is 0. The van der Waals surface area contributed by atoms with E-state index in [1.165, 1.54) is 0 Å². The number of hydrogen-bond acceptors (Lipinski definition) is 1. The Morgan fingerprint density at radius 3 is 2.21 bits per heavy atom. The summed E-state index contributed by atoms with van der Waals surface area (Å²) in [6, 6.07) is 12.4. The second-order valence-corrected chi connectivity index (χ2v) is 14.9. The number of allylic oxidation sites excluding steroid dienone is 1. The van der Waals surface area contributed by atoms with Crippen LogP contribution in [0.5, 0.6) is 0 Å². The monoisotopic (exact) mass is 247 g/mol. The number of hydrogen-bond donors (Lipinski definition) is 0. The van der Waals surface area contributed by atoms with E-state index >= 15 is 0 Å². The van der Waals surface area contributed by atoms with Crippen molar-refractivity contribution in [2.75, 3.05) is 0 Å². The van der Waals surface area contributed by atoms with E-state index in [4.69, 9.17) is 5.26 Å². The molecule has 1 nitrogen and oxygen atoms in total. The Morgan fingerprint density at radius 2 is 1.79 bits per heavy atom. The van der Waals surface area contributed by atoms with E-state index in [1.54, 1.807) is 0 Å². The normalized spacial score (nSPS) is 12.3. The zero-order valence-electron chi connectivity index (χ0n) is 8.91. The molecule has 14 heavy (non-hydrogen) atoms. The third-order valence-electron chi connectivity index (χ3n) is 2.04. The summed E-state index contributed by atoms with van der Waals surface area (Å²) >= 11 is -1.96. The molecule has 0 saturated carbocycles. The van der Waals surface area contributed by atoms with Crippen LogP contribution in [-0.4, -0.2) is 13.3 Å². The predicted octanol–water partition coefficient (Wildman–Crippen LogP) is 3.47. The van der Waals surface area contributed by atoms with Gasteiger partial charge in [-0.2, -0.15) is 0 Å². The molecule has 0 heterocycles. The van der Waals surface area contributed by atoms with Gasteiger partial charge in [-0.15, -0.1) is 0 Å². The Labute approximate surface area is 88.4 Å². The molecule has 0 aliphatic carbocycles. The second-order valence-electron chi connectivity index (χ2n) is 4.33. The molecule has 0 N–H and O–H groups in total. The van der Waals surface area contributed by atoms with Crippen LogP contribution in [0.15, 0.2) is 34.7 Å². The molecular formula is C12H15GeN. The van der Waals surface area contributed by atoms with Gasteiger partial charge in [-0.05, 0) is 0 Å². The number of benzene rings is 1. The van der Waals surface area contributed by atoms with E-state index in [0.717, 1.165) is 9.97 Å². The summed E-state index contributed by atoms with van der Waals surface area (Å²) < 4.78 is 0.996. The third kappa shape index (κ3) is 3.04. The van der Waals surface area contributed by atoms with Gasteiger partial charge in [0.1, 0.15) is 0 Å². The van der Waals surface area contributed by atoms with Crippen LogP contribution in [0.1, 0.15) is 5.56 Å². The van der Waals surface area contributed by atoms with Gasteiger partial charge in [-0.3, -0.25) is 0 Å². The predicted molar refractivity (Wildman–Crippen MR) is 63.4 cm³/mol. The Morgan fingerprint density at radius 1 is 1.21 bits per heavy atom. The molecule has 0 bridgehead atoms. The van der Waals surface area contributed by atoms with Crippen molar-refractivity contribution in [3.8, 4) is 6.07 Å². The average Bonchev–Trinajstić information content (AvgIpc) is 2.14. The first-order chi connectivity index (χ1) is 6.54. The zero-order valence-corrected chi connectivity index (χ0v) is 11.0. The topological polar surface area (TPSA) is 23.8 Å². The third-order valence-corrected chi connectivity index (χ3v) is 5.97. The van der Waals surface area contributed by atoms with Crippen LogP contribution < -0.4 is 0 Å². The fourth-order valence-electron chi connectivity index (χ4n) is 1.13. The zero-order chi connectivity index (χ0) is 10.6. The Hall–Kier alpha value is -1.01. The maximum absolute atomic E-state index is 9.05. The van der Waals surface area contributed by atoms with Crippen molar-refractivity contribution >= 4 is 19.3 Å². The summed E-state index contributed by atoms with van der Waals surface area (Å²) in [4.78, 5) is 0. The molecule has 0 amide bonds. The maximum atomic E-state index is 9.05. The molecule has 1 aromatic rings. The van der Waals surface area contributed by atoms with Gasteiger partial charge in [0.05, 0.1) is 0 Å². The van der Waals surface area contributed by atoms with Crippen molar-refractivity contribution < 1.29 is 0 Å². The molecule has 2 heteroatoms. The van der Waals surface area contributed by atoms with Crippen molar-refractivity contribution in [1.82, 2.24) is 0 Å². The first kappa shape index (κ1) is 11.1. The molecule has 1 rings (SSSR count). The molecule has 0 saturated heterocycles. The van der Waals surface area contributed by atoms with E-state index in [2.05, 4.69) is 23.3 Å². The minimum absolute atomic E-state index is 0.996. The van der Waals surface area contributed by atoms with Crippen molar-refractivity contribution in [3.63, 3.8) is 0 Å². The molecule has 0 aliphatic heterocycles. The fraction of sp³-hybridized carbons (Fsp3) is 0.250.